The van der Waals surface area contributed by atoms with Gasteiger partial charge in [-0.25, -0.2) is 13.8 Å². The summed E-state index contributed by atoms with van der Waals surface area (Å²) in [6, 6.07) is -0.156. The van der Waals surface area contributed by atoms with Gasteiger partial charge in [0.15, 0.2) is 6.17 Å². The Morgan fingerprint density at radius 3 is 2.52 bits per heavy atom. The highest BCUT2D eigenvalue weighted by atomic mass is 28.3. The predicted molar refractivity (Wildman–Crippen MR) is 103 cm³/mol. The summed E-state index contributed by atoms with van der Waals surface area (Å²) in [6.45, 7) is 8.01. The standard InChI is InChI=1S/C18H29FN2O5Si/c1-12-9-20(14-6-5-13(10-22)16(23)15(14)19)18(25)21(17(12)24)11-26-7-8-27(2,3)4/h5-6,9,13-16,22-23H,7-8,10-11H2,1-4H3/t13-,14-,15+,16-/m1/s1. The summed E-state index contributed by atoms with van der Waals surface area (Å²) in [5.74, 6) is -0.719. The first kappa shape index (κ1) is 21.7. The lowest BCUT2D eigenvalue weighted by molar-refractivity contribution is 0.000156. The quantitative estimate of drug-likeness (QED) is 0.405. The Hall–Kier alpha value is -1.55. The number of aryl methyl sites for hydroxylation is 1. The highest BCUT2D eigenvalue weighted by Gasteiger charge is 2.37. The molecule has 0 aliphatic heterocycles. The van der Waals surface area contributed by atoms with E-state index < -0.39 is 43.6 Å². The number of halogens is 1. The maximum absolute atomic E-state index is 14.7. The molecule has 7 nitrogen and oxygen atoms in total. The molecule has 0 spiro atoms. The summed E-state index contributed by atoms with van der Waals surface area (Å²) in [5.41, 5.74) is -0.887. The lowest BCUT2D eigenvalue weighted by Gasteiger charge is -2.32. The number of aliphatic hydroxyl groups is 2. The average Bonchev–Trinajstić information content (AvgIpc) is 2.59. The molecule has 2 N–H and O–H groups in total. The van der Waals surface area contributed by atoms with Gasteiger partial charge in [-0.05, 0) is 13.0 Å². The molecule has 0 radical (unpaired) electrons. The van der Waals surface area contributed by atoms with Crippen LogP contribution in [-0.4, -0.2) is 52.9 Å². The number of alkyl halides is 1. The summed E-state index contributed by atoms with van der Waals surface area (Å²) in [7, 11) is -1.30. The highest BCUT2D eigenvalue weighted by Crippen LogP contribution is 2.28. The van der Waals surface area contributed by atoms with E-state index in [2.05, 4.69) is 19.6 Å². The van der Waals surface area contributed by atoms with Crippen molar-refractivity contribution in [2.45, 2.75) is 57.7 Å². The third-order valence-electron chi connectivity index (χ3n) is 4.76. The van der Waals surface area contributed by atoms with Crippen LogP contribution in [0.2, 0.25) is 25.7 Å². The molecule has 0 fully saturated rings. The number of ether oxygens (including phenoxy) is 1. The fourth-order valence-electron chi connectivity index (χ4n) is 2.95. The Bertz CT molecular complexity index is 798. The van der Waals surface area contributed by atoms with Gasteiger partial charge in [-0.15, -0.1) is 0 Å². The lowest BCUT2D eigenvalue weighted by atomic mass is 9.88. The van der Waals surface area contributed by atoms with Gasteiger partial charge in [0.1, 0.15) is 6.73 Å². The van der Waals surface area contributed by atoms with Crippen LogP contribution in [0.5, 0.6) is 0 Å². The summed E-state index contributed by atoms with van der Waals surface area (Å²) in [6.07, 6.45) is 1.04. The van der Waals surface area contributed by atoms with Gasteiger partial charge in [-0.3, -0.25) is 9.36 Å². The molecule has 1 heterocycles. The fraction of sp³-hybridized carbons (Fsp3) is 0.667. The fourth-order valence-corrected chi connectivity index (χ4v) is 3.71. The molecule has 0 saturated carbocycles. The maximum Gasteiger partial charge on any atom is 0.333 e. The molecule has 0 bridgehead atoms. The van der Waals surface area contributed by atoms with Crippen molar-refractivity contribution in [1.82, 2.24) is 9.13 Å². The van der Waals surface area contributed by atoms with E-state index in [9.17, 15) is 24.2 Å². The van der Waals surface area contributed by atoms with Crippen molar-refractivity contribution in [1.29, 1.82) is 0 Å². The van der Waals surface area contributed by atoms with Crippen LogP contribution in [-0.2, 0) is 11.5 Å². The molecule has 2 rings (SSSR count). The van der Waals surface area contributed by atoms with Crippen LogP contribution >= 0.6 is 0 Å². The molecule has 0 saturated heterocycles. The van der Waals surface area contributed by atoms with E-state index in [-0.39, 0.29) is 18.9 Å². The van der Waals surface area contributed by atoms with E-state index in [1.165, 1.54) is 18.3 Å². The van der Waals surface area contributed by atoms with Gasteiger partial charge in [-0.2, -0.15) is 0 Å². The minimum Gasteiger partial charge on any atom is -0.396 e. The van der Waals surface area contributed by atoms with E-state index in [4.69, 9.17) is 4.74 Å². The van der Waals surface area contributed by atoms with Crippen LogP contribution in [0.3, 0.4) is 0 Å². The first-order chi connectivity index (χ1) is 12.6. The van der Waals surface area contributed by atoms with Crippen molar-refractivity contribution < 1.29 is 19.3 Å². The molecule has 1 aromatic rings. The average molecular weight is 401 g/mol. The molecular formula is C18H29FN2O5Si. The van der Waals surface area contributed by atoms with Gasteiger partial charge >= 0.3 is 5.69 Å². The molecule has 1 aliphatic carbocycles. The number of nitrogens with zero attached hydrogens (tertiary/aromatic N) is 2. The van der Waals surface area contributed by atoms with Crippen molar-refractivity contribution in [2.75, 3.05) is 13.2 Å². The van der Waals surface area contributed by atoms with Gasteiger partial charge in [0.2, 0.25) is 0 Å². The number of aromatic nitrogens is 2. The molecule has 9 heteroatoms. The van der Waals surface area contributed by atoms with Gasteiger partial charge in [0.25, 0.3) is 5.56 Å². The second-order valence-electron chi connectivity index (χ2n) is 8.24. The topological polar surface area (TPSA) is 93.7 Å². The Morgan fingerprint density at radius 1 is 1.26 bits per heavy atom. The second kappa shape index (κ2) is 8.64. The molecule has 152 valence electrons. The molecule has 0 amide bonds. The van der Waals surface area contributed by atoms with E-state index in [0.29, 0.717) is 6.61 Å². The zero-order valence-corrected chi connectivity index (χ0v) is 17.3. The number of hydrogen-bond acceptors (Lipinski definition) is 5. The van der Waals surface area contributed by atoms with Crippen molar-refractivity contribution >= 4 is 8.07 Å². The normalized spacial score (nSPS) is 25.7. The van der Waals surface area contributed by atoms with Gasteiger partial charge in [-0.1, -0.05) is 31.8 Å². The zero-order chi connectivity index (χ0) is 20.4. The van der Waals surface area contributed by atoms with Crippen molar-refractivity contribution in [2.24, 2.45) is 5.92 Å². The van der Waals surface area contributed by atoms with Gasteiger partial charge in [0.05, 0.1) is 18.8 Å². The first-order valence-corrected chi connectivity index (χ1v) is 12.8. The molecule has 0 unspecified atom stereocenters. The molecule has 4 atom stereocenters. The SMILES string of the molecule is Cc1cn([C@@H]2C=C[C@H](CO)[C@@H](O)[C@H]2F)c(=O)n(COCC[Si](C)(C)C)c1=O. The molecular weight excluding hydrogens is 371 g/mol. The second-order valence-corrected chi connectivity index (χ2v) is 13.9. The van der Waals surface area contributed by atoms with Crippen LogP contribution in [0.25, 0.3) is 0 Å². The van der Waals surface area contributed by atoms with E-state index in [0.717, 1.165) is 15.2 Å². The minimum atomic E-state index is -1.77. The Kier molecular flexibility index (Phi) is 6.96. The Balaban J connectivity index is 2.30. The highest BCUT2D eigenvalue weighted by molar-refractivity contribution is 6.76. The Morgan fingerprint density at radius 2 is 1.93 bits per heavy atom. The monoisotopic (exact) mass is 400 g/mol. The summed E-state index contributed by atoms with van der Waals surface area (Å²) in [4.78, 5) is 25.1. The zero-order valence-electron chi connectivity index (χ0n) is 16.3. The van der Waals surface area contributed by atoms with Crippen LogP contribution in [0.1, 0.15) is 11.6 Å². The number of aliphatic hydroxyl groups excluding tert-OH is 2. The minimum absolute atomic E-state index is 0.195. The van der Waals surface area contributed by atoms with Gasteiger partial charge < -0.3 is 14.9 Å². The third kappa shape index (κ3) is 5.04. The smallest absolute Gasteiger partial charge is 0.333 e. The molecule has 0 aromatic carbocycles. The summed E-state index contributed by atoms with van der Waals surface area (Å²) >= 11 is 0. The van der Waals surface area contributed by atoms with E-state index in [1.807, 2.05) is 0 Å². The number of allylic oxidation sites excluding steroid dienone is 1. The molecule has 27 heavy (non-hydrogen) atoms. The third-order valence-corrected chi connectivity index (χ3v) is 6.47. The number of rotatable bonds is 7. The van der Waals surface area contributed by atoms with Gasteiger partial charge in [0, 0.05) is 32.4 Å². The van der Waals surface area contributed by atoms with E-state index >= 15 is 0 Å². The van der Waals surface area contributed by atoms with Crippen LogP contribution in [0, 0.1) is 12.8 Å². The largest absolute Gasteiger partial charge is 0.396 e. The van der Waals surface area contributed by atoms with Crippen molar-refractivity contribution in [3.8, 4) is 0 Å². The van der Waals surface area contributed by atoms with Crippen LogP contribution < -0.4 is 11.2 Å². The first-order valence-electron chi connectivity index (χ1n) is 9.08. The molecule has 1 aliphatic rings. The van der Waals surface area contributed by atoms with E-state index in [1.54, 1.807) is 6.92 Å². The summed E-state index contributed by atoms with van der Waals surface area (Å²) < 4.78 is 22.2. The molecule has 1 aromatic heterocycles. The van der Waals surface area contributed by atoms with Crippen molar-refractivity contribution in [3.63, 3.8) is 0 Å². The summed E-state index contributed by atoms with van der Waals surface area (Å²) in [5, 5.41) is 19.2. The van der Waals surface area contributed by atoms with Crippen molar-refractivity contribution in [3.05, 3.63) is 44.8 Å². The van der Waals surface area contributed by atoms with Crippen LogP contribution in [0.4, 0.5) is 4.39 Å². The maximum atomic E-state index is 14.7. The number of hydrogen-bond donors (Lipinski definition) is 2. The Labute approximate surface area is 158 Å². The predicted octanol–water partition coefficient (Wildman–Crippen LogP) is 1.05. The van der Waals surface area contributed by atoms with Crippen LogP contribution in [0.15, 0.2) is 27.9 Å². The lowest BCUT2D eigenvalue weighted by Crippen LogP contribution is -2.47.